The van der Waals surface area contributed by atoms with E-state index in [1.165, 1.54) is 12.1 Å². The highest BCUT2D eigenvalue weighted by atomic mass is 32.1. The average Bonchev–Trinajstić information content (AvgIpc) is 2.94. The third-order valence-electron chi connectivity index (χ3n) is 2.48. The van der Waals surface area contributed by atoms with Crippen LogP contribution >= 0.6 is 11.3 Å². The second kappa shape index (κ2) is 6.73. The Morgan fingerprint density at radius 1 is 1.27 bits per heavy atom. The minimum absolute atomic E-state index is 0.205. The monoisotopic (exact) mass is 331 g/mol. The summed E-state index contributed by atoms with van der Waals surface area (Å²) in [6, 6.07) is 6.27. The number of anilines is 1. The van der Waals surface area contributed by atoms with Crippen molar-refractivity contribution in [1.82, 2.24) is 10.2 Å². The Hall–Kier alpha value is -2.16. The zero-order chi connectivity index (χ0) is 16.2. The van der Waals surface area contributed by atoms with Crippen LogP contribution in [0.4, 0.5) is 18.3 Å². The van der Waals surface area contributed by atoms with Crippen molar-refractivity contribution in [1.29, 1.82) is 0 Å². The lowest BCUT2D eigenvalue weighted by molar-refractivity contribution is -0.138. The molecule has 0 spiro atoms. The lowest BCUT2D eigenvalue weighted by Crippen LogP contribution is -2.11. The van der Waals surface area contributed by atoms with E-state index >= 15 is 0 Å². The summed E-state index contributed by atoms with van der Waals surface area (Å²) in [5.41, 5.74) is 0.285. The molecule has 0 unspecified atom stereocenters. The van der Waals surface area contributed by atoms with Crippen LogP contribution in [0.25, 0.3) is 0 Å². The number of rotatable bonds is 5. The topological polar surface area (TPSA) is 64.1 Å². The molecule has 0 bridgehead atoms. The highest BCUT2D eigenvalue weighted by Gasteiger charge is 2.35. The molecule has 0 aliphatic heterocycles. The van der Waals surface area contributed by atoms with E-state index in [4.69, 9.17) is 4.74 Å². The van der Waals surface area contributed by atoms with E-state index in [0.29, 0.717) is 12.4 Å². The van der Waals surface area contributed by atoms with Gasteiger partial charge >= 0.3 is 6.18 Å². The predicted octanol–water partition coefficient (Wildman–Crippen LogP) is 3.60. The van der Waals surface area contributed by atoms with Gasteiger partial charge in [0.2, 0.25) is 10.1 Å². The summed E-state index contributed by atoms with van der Waals surface area (Å²) in [6.45, 7) is 2.54. The first-order valence-electron chi connectivity index (χ1n) is 6.35. The van der Waals surface area contributed by atoms with E-state index in [2.05, 4.69) is 15.5 Å². The molecule has 1 amide bonds. The summed E-state index contributed by atoms with van der Waals surface area (Å²) in [5, 5.41) is 7.26. The molecule has 2 aromatic rings. The summed E-state index contributed by atoms with van der Waals surface area (Å²) in [4.78, 5) is 11.9. The molecule has 1 heterocycles. The summed E-state index contributed by atoms with van der Waals surface area (Å²) in [7, 11) is 0. The number of benzene rings is 1. The first-order valence-corrected chi connectivity index (χ1v) is 7.16. The standard InChI is InChI=1S/C13H12F3N3O2S/c1-2-7-21-9-5-3-8(4-6-9)10(20)17-12-19-18-11(22-12)13(14,15)16/h3-6H,2,7H2,1H3,(H,17,19,20). The fraction of sp³-hybridized carbons (Fsp3) is 0.308. The average molecular weight is 331 g/mol. The molecule has 1 aromatic heterocycles. The summed E-state index contributed by atoms with van der Waals surface area (Å²) in [6.07, 6.45) is -3.71. The van der Waals surface area contributed by atoms with Gasteiger partial charge in [-0.3, -0.25) is 10.1 Å². The van der Waals surface area contributed by atoms with Gasteiger partial charge in [0, 0.05) is 5.56 Å². The zero-order valence-electron chi connectivity index (χ0n) is 11.5. The van der Waals surface area contributed by atoms with Crippen LogP contribution < -0.4 is 10.1 Å². The molecule has 0 atom stereocenters. The van der Waals surface area contributed by atoms with Gasteiger partial charge < -0.3 is 4.74 Å². The molecular formula is C13H12F3N3O2S. The molecular weight excluding hydrogens is 319 g/mol. The van der Waals surface area contributed by atoms with Gasteiger partial charge in [-0.2, -0.15) is 13.2 Å². The van der Waals surface area contributed by atoms with Crippen molar-refractivity contribution in [3.8, 4) is 5.75 Å². The van der Waals surface area contributed by atoms with Gasteiger partial charge in [0.25, 0.3) is 5.91 Å². The Kier molecular flexibility index (Phi) is 4.96. The van der Waals surface area contributed by atoms with Gasteiger partial charge in [0.15, 0.2) is 0 Å². The molecule has 5 nitrogen and oxygen atoms in total. The molecule has 0 saturated carbocycles. The van der Waals surface area contributed by atoms with E-state index in [1.807, 2.05) is 6.92 Å². The molecule has 0 radical (unpaired) electrons. The molecule has 0 saturated heterocycles. The van der Waals surface area contributed by atoms with E-state index in [9.17, 15) is 18.0 Å². The van der Waals surface area contributed by atoms with Crippen LogP contribution in [0.2, 0.25) is 0 Å². The number of carbonyl (C=O) groups excluding carboxylic acids is 1. The largest absolute Gasteiger partial charge is 0.494 e. The second-order valence-electron chi connectivity index (χ2n) is 4.24. The maximum absolute atomic E-state index is 12.4. The molecule has 0 fully saturated rings. The minimum atomic E-state index is -4.57. The predicted molar refractivity (Wildman–Crippen MR) is 75.1 cm³/mol. The van der Waals surface area contributed by atoms with Crippen LogP contribution in [0.3, 0.4) is 0 Å². The highest BCUT2D eigenvalue weighted by molar-refractivity contribution is 7.15. The van der Waals surface area contributed by atoms with Crippen LogP contribution in [-0.4, -0.2) is 22.7 Å². The van der Waals surface area contributed by atoms with Crippen molar-refractivity contribution >= 4 is 22.4 Å². The fourth-order valence-electron chi connectivity index (χ4n) is 1.48. The van der Waals surface area contributed by atoms with E-state index < -0.39 is 17.1 Å². The SMILES string of the molecule is CCCOc1ccc(C(=O)Nc2nnc(C(F)(F)F)s2)cc1. The molecule has 22 heavy (non-hydrogen) atoms. The van der Waals surface area contributed by atoms with Crippen LogP contribution in [-0.2, 0) is 6.18 Å². The van der Waals surface area contributed by atoms with Crippen molar-refractivity contribution in [2.24, 2.45) is 0 Å². The van der Waals surface area contributed by atoms with E-state index in [-0.39, 0.29) is 22.0 Å². The first-order chi connectivity index (χ1) is 10.4. The molecule has 0 aliphatic carbocycles. The fourth-order valence-corrected chi connectivity index (χ4v) is 2.09. The Morgan fingerprint density at radius 2 is 1.95 bits per heavy atom. The van der Waals surface area contributed by atoms with Gasteiger partial charge in [-0.05, 0) is 30.7 Å². The van der Waals surface area contributed by atoms with Gasteiger partial charge in [-0.25, -0.2) is 0 Å². The zero-order valence-corrected chi connectivity index (χ0v) is 12.3. The summed E-state index contributed by atoms with van der Waals surface area (Å²) in [5.74, 6) is 0.0561. The second-order valence-corrected chi connectivity index (χ2v) is 5.21. The molecule has 9 heteroatoms. The Labute approximate surface area is 128 Å². The van der Waals surface area contributed by atoms with Gasteiger partial charge in [0.05, 0.1) is 6.61 Å². The number of carbonyl (C=O) groups is 1. The number of hydrogen-bond donors (Lipinski definition) is 1. The third kappa shape index (κ3) is 4.17. The van der Waals surface area contributed by atoms with Crippen molar-refractivity contribution in [2.45, 2.75) is 19.5 Å². The number of nitrogens with one attached hydrogen (secondary N) is 1. The smallest absolute Gasteiger partial charge is 0.445 e. The number of ether oxygens (including phenoxy) is 1. The molecule has 118 valence electrons. The minimum Gasteiger partial charge on any atom is -0.494 e. The molecule has 1 aromatic carbocycles. The summed E-state index contributed by atoms with van der Waals surface area (Å²) < 4.78 is 42.5. The normalized spacial score (nSPS) is 11.3. The number of hydrogen-bond acceptors (Lipinski definition) is 5. The summed E-state index contributed by atoms with van der Waals surface area (Å²) >= 11 is 0.273. The van der Waals surface area contributed by atoms with Gasteiger partial charge in [-0.1, -0.05) is 18.3 Å². The van der Waals surface area contributed by atoms with Crippen molar-refractivity contribution in [2.75, 3.05) is 11.9 Å². The van der Waals surface area contributed by atoms with Crippen molar-refractivity contribution in [3.63, 3.8) is 0 Å². The number of nitrogens with zero attached hydrogens (tertiary/aromatic N) is 2. The van der Waals surface area contributed by atoms with Crippen molar-refractivity contribution in [3.05, 3.63) is 34.8 Å². The highest BCUT2D eigenvalue weighted by Crippen LogP contribution is 2.33. The Morgan fingerprint density at radius 3 is 2.50 bits per heavy atom. The number of amides is 1. The van der Waals surface area contributed by atoms with E-state index in [1.54, 1.807) is 12.1 Å². The van der Waals surface area contributed by atoms with Gasteiger partial charge in [0.1, 0.15) is 5.75 Å². The van der Waals surface area contributed by atoms with Crippen LogP contribution in [0.5, 0.6) is 5.75 Å². The van der Waals surface area contributed by atoms with Crippen LogP contribution in [0.15, 0.2) is 24.3 Å². The van der Waals surface area contributed by atoms with Crippen molar-refractivity contribution < 1.29 is 22.7 Å². The Balaban J connectivity index is 2.01. The first kappa shape index (κ1) is 16.2. The molecule has 1 N–H and O–H groups in total. The van der Waals surface area contributed by atoms with Gasteiger partial charge in [-0.15, -0.1) is 10.2 Å². The third-order valence-corrected chi connectivity index (χ3v) is 3.36. The van der Waals surface area contributed by atoms with E-state index in [0.717, 1.165) is 6.42 Å². The molecule has 0 aliphatic rings. The maximum Gasteiger partial charge on any atom is 0.445 e. The lowest BCUT2D eigenvalue weighted by Gasteiger charge is -2.05. The number of alkyl halides is 3. The quantitative estimate of drug-likeness (QED) is 0.909. The number of aromatic nitrogens is 2. The maximum atomic E-state index is 12.4. The number of halogens is 3. The van der Waals surface area contributed by atoms with Crippen LogP contribution in [0, 0.1) is 0 Å². The lowest BCUT2D eigenvalue weighted by atomic mass is 10.2. The Bertz CT molecular complexity index is 641. The molecule has 2 rings (SSSR count). The van der Waals surface area contributed by atoms with Crippen LogP contribution in [0.1, 0.15) is 28.7 Å².